The van der Waals surface area contributed by atoms with Crippen LogP contribution >= 0.6 is 0 Å². The number of hydrogen-bond acceptors (Lipinski definition) is 3. The second-order valence-corrected chi connectivity index (χ2v) is 5.46. The van der Waals surface area contributed by atoms with E-state index in [1.807, 2.05) is 26.0 Å². The number of likely N-dealkylation sites (N-methyl/N-ethyl adjacent to an activating group) is 1. The van der Waals surface area contributed by atoms with Crippen molar-refractivity contribution in [2.75, 3.05) is 44.7 Å². The number of amides is 1. The van der Waals surface area contributed by atoms with Crippen LogP contribution in [0.2, 0.25) is 0 Å². The average Bonchev–Trinajstić information content (AvgIpc) is 2.54. The zero-order valence-electron chi connectivity index (χ0n) is 13.2. The Balaban J connectivity index is 1.92. The number of quaternary nitrogens is 1. The van der Waals surface area contributed by atoms with E-state index in [1.165, 1.54) is 10.6 Å². The SMILES string of the molecule is CCNC(=O)[C@H](C)[NH+]1CCN(c2cccc(OC)c2)CC1. The van der Waals surface area contributed by atoms with Crippen molar-refractivity contribution in [3.8, 4) is 5.75 Å². The van der Waals surface area contributed by atoms with Gasteiger partial charge in [-0.3, -0.25) is 4.79 Å². The summed E-state index contributed by atoms with van der Waals surface area (Å²) in [6.45, 7) is 8.57. The van der Waals surface area contributed by atoms with E-state index >= 15 is 0 Å². The van der Waals surface area contributed by atoms with Crippen LogP contribution in [-0.2, 0) is 4.79 Å². The van der Waals surface area contributed by atoms with Crippen LogP contribution in [0.4, 0.5) is 5.69 Å². The van der Waals surface area contributed by atoms with Gasteiger partial charge < -0.3 is 19.9 Å². The largest absolute Gasteiger partial charge is 0.497 e. The van der Waals surface area contributed by atoms with E-state index in [2.05, 4.69) is 22.3 Å². The molecule has 0 bridgehead atoms. The number of hydrogen-bond donors (Lipinski definition) is 2. The van der Waals surface area contributed by atoms with Crippen LogP contribution in [0.15, 0.2) is 24.3 Å². The summed E-state index contributed by atoms with van der Waals surface area (Å²) in [6.07, 6.45) is 0. The first-order valence-corrected chi connectivity index (χ1v) is 7.67. The number of carbonyl (C=O) groups excluding carboxylic acids is 1. The lowest BCUT2D eigenvalue weighted by Gasteiger charge is -2.36. The normalized spacial score (nSPS) is 17.4. The topological polar surface area (TPSA) is 46.0 Å². The van der Waals surface area contributed by atoms with Crippen LogP contribution in [0.25, 0.3) is 0 Å². The van der Waals surface area contributed by atoms with E-state index in [0.29, 0.717) is 6.54 Å². The number of piperazine rings is 1. The van der Waals surface area contributed by atoms with Crippen LogP contribution in [-0.4, -0.2) is 51.8 Å². The van der Waals surface area contributed by atoms with Crippen LogP contribution in [0.5, 0.6) is 5.75 Å². The molecule has 116 valence electrons. The molecule has 0 spiro atoms. The smallest absolute Gasteiger partial charge is 0.278 e. The van der Waals surface area contributed by atoms with E-state index in [0.717, 1.165) is 31.9 Å². The highest BCUT2D eigenvalue weighted by Crippen LogP contribution is 2.20. The quantitative estimate of drug-likeness (QED) is 0.798. The molecular formula is C16H26N3O2+. The highest BCUT2D eigenvalue weighted by atomic mass is 16.5. The molecule has 0 saturated carbocycles. The molecule has 1 aliphatic heterocycles. The molecule has 1 amide bonds. The molecule has 0 aliphatic carbocycles. The minimum atomic E-state index is 0.0254. The molecular weight excluding hydrogens is 266 g/mol. The summed E-state index contributed by atoms with van der Waals surface area (Å²) in [5.41, 5.74) is 1.19. The summed E-state index contributed by atoms with van der Waals surface area (Å²) in [5, 5.41) is 2.91. The van der Waals surface area contributed by atoms with Crippen molar-refractivity contribution in [2.45, 2.75) is 19.9 Å². The maximum atomic E-state index is 11.9. The van der Waals surface area contributed by atoms with Crippen molar-refractivity contribution in [1.29, 1.82) is 0 Å². The predicted octanol–water partition coefficient (Wildman–Crippen LogP) is -0.0753. The van der Waals surface area contributed by atoms with Gasteiger partial charge in [-0.15, -0.1) is 0 Å². The molecule has 2 N–H and O–H groups in total. The third-order valence-electron chi connectivity index (χ3n) is 4.18. The second kappa shape index (κ2) is 7.31. The van der Waals surface area contributed by atoms with Gasteiger partial charge in [0, 0.05) is 18.3 Å². The number of nitrogens with one attached hydrogen (secondary N) is 2. The highest BCUT2D eigenvalue weighted by molar-refractivity contribution is 5.79. The Morgan fingerprint density at radius 1 is 1.43 bits per heavy atom. The van der Waals surface area contributed by atoms with E-state index < -0.39 is 0 Å². The zero-order chi connectivity index (χ0) is 15.2. The molecule has 0 unspecified atom stereocenters. The molecule has 1 fully saturated rings. The first-order valence-electron chi connectivity index (χ1n) is 7.67. The van der Waals surface area contributed by atoms with Crippen molar-refractivity contribution in [3.63, 3.8) is 0 Å². The van der Waals surface area contributed by atoms with Gasteiger partial charge in [-0.1, -0.05) is 6.07 Å². The summed E-state index contributed by atoms with van der Waals surface area (Å²) < 4.78 is 5.28. The highest BCUT2D eigenvalue weighted by Gasteiger charge is 2.28. The summed E-state index contributed by atoms with van der Waals surface area (Å²) in [5.74, 6) is 1.04. The van der Waals surface area contributed by atoms with Crippen molar-refractivity contribution in [3.05, 3.63) is 24.3 Å². The molecule has 5 heteroatoms. The van der Waals surface area contributed by atoms with E-state index in [1.54, 1.807) is 7.11 Å². The standard InChI is InChI=1S/C16H25N3O2/c1-4-17-16(20)13(2)18-8-10-19(11-9-18)14-6-5-7-15(12-14)21-3/h5-7,12-13H,4,8-11H2,1-3H3,(H,17,20)/p+1/t13-/m0/s1. The lowest BCUT2D eigenvalue weighted by atomic mass is 10.2. The summed E-state index contributed by atoms with van der Waals surface area (Å²) in [6, 6.07) is 8.18. The number of benzene rings is 1. The van der Waals surface area contributed by atoms with Crippen LogP contribution in [0.1, 0.15) is 13.8 Å². The van der Waals surface area contributed by atoms with Crippen molar-refractivity contribution in [2.24, 2.45) is 0 Å². The average molecular weight is 292 g/mol. The van der Waals surface area contributed by atoms with Crippen molar-refractivity contribution >= 4 is 11.6 Å². The summed E-state index contributed by atoms with van der Waals surface area (Å²) >= 11 is 0. The lowest BCUT2D eigenvalue weighted by molar-refractivity contribution is -0.914. The Hall–Kier alpha value is -1.75. The predicted molar refractivity (Wildman–Crippen MR) is 84.0 cm³/mol. The lowest BCUT2D eigenvalue weighted by Crippen LogP contribution is -3.19. The molecule has 1 heterocycles. The van der Waals surface area contributed by atoms with Crippen LogP contribution in [0, 0.1) is 0 Å². The van der Waals surface area contributed by atoms with Gasteiger partial charge in [0.2, 0.25) is 0 Å². The van der Waals surface area contributed by atoms with Gasteiger partial charge in [0.15, 0.2) is 6.04 Å². The fourth-order valence-corrected chi connectivity index (χ4v) is 2.81. The van der Waals surface area contributed by atoms with Crippen LogP contribution in [0.3, 0.4) is 0 Å². The Morgan fingerprint density at radius 2 is 2.14 bits per heavy atom. The number of anilines is 1. The Morgan fingerprint density at radius 3 is 2.76 bits per heavy atom. The molecule has 1 aromatic rings. The number of rotatable bonds is 5. The third-order valence-corrected chi connectivity index (χ3v) is 4.18. The molecule has 1 aromatic carbocycles. The third kappa shape index (κ3) is 3.88. The number of nitrogens with zero attached hydrogens (tertiary/aromatic N) is 1. The molecule has 1 saturated heterocycles. The zero-order valence-corrected chi connectivity index (χ0v) is 13.2. The summed E-state index contributed by atoms with van der Waals surface area (Å²) in [4.78, 5) is 15.6. The maximum absolute atomic E-state index is 11.9. The first kappa shape index (κ1) is 15.6. The van der Waals surface area contributed by atoms with Gasteiger partial charge in [-0.05, 0) is 26.0 Å². The first-order chi connectivity index (χ1) is 10.2. The van der Waals surface area contributed by atoms with Gasteiger partial charge in [-0.25, -0.2) is 0 Å². The minimum absolute atomic E-state index is 0.0254. The molecule has 21 heavy (non-hydrogen) atoms. The second-order valence-electron chi connectivity index (χ2n) is 5.46. The van der Waals surface area contributed by atoms with Crippen molar-refractivity contribution in [1.82, 2.24) is 5.32 Å². The van der Waals surface area contributed by atoms with Gasteiger partial charge in [-0.2, -0.15) is 0 Å². The number of carbonyl (C=O) groups is 1. The van der Waals surface area contributed by atoms with Crippen molar-refractivity contribution < 1.29 is 14.4 Å². The monoisotopic (exact) mass is 292 g/mol. The Kier molecular flexibility index (Phi) is 5.44. The van der Waals surface area contributed by atoms with Gasteiger partial charge in [0.1, 0.15) is 5.75 Å². The van der Waals surface area contributed by atoms with E-state index in [-0.39, 0.29) is 11.9 Å². The molecule has 1 aliphatic rings. The maximum Gasteiger partial charge on any atom is 0.278 e. The fourth-order valence-electron chi connectivity index (χ4n) is 2.81. The van der Waals surface area contributed by atoms with Crippen LogP contribution < -0.4 is 19.9 Å². The van der Waals surface area contributed by atoms with Gasteiger partial charge in [0.05, 0.1) is 33.3 Å². The van der Waals surface area contributed by atoms with Gasteiger partial charge in [0.25, 0.3) is 5.91 Å². The van der Waals surface area contributed by atoms with E-state index in [4.69, 9.17) is 4.74 Å². The molecule has 0 radical (unpaired) electrons. The Bertz CT molecular complexity index is 470. The van der Waals surface area contributed by atoms with E-state index in [9.17, 15) is 4.79 Å². The fraction of sp³-hybridized carbons (Fsp3) is 0.562. The molecule has 5 nitrogen and oxygen atoms in total. The number of ether oxygens (including phenoxy) is 1. The minimum Gasteiger partial charge on any atom is -0.497 e. The number of methoxy groups -OCH3 is 1. The van der Waals surface area contributed by atoms with Gasteiger partial charge >= 0.3 is 0 Å². The molecule has 2 rings (SSSR count). The Labute approximate surface area is 126 Å². The molecule has 0 aromatic heterocycles. The molecule has 1 atom stereocenters. The summed E-state index contributed by atoms with van der Waals surface area (Å²) in [7, 11) is 1.69.